The molecule has 2 saturated carbocycles. The number of para-hydroxylation sites is 1. The molecule has 2 fully saturated rings. The first-order chi connectivity index (χ1) is 16.7. The maximum atomic E-state index is 14.5. The normalized spacial score (nSPS) is 25.9. The molecular formula is C27H38F2N6. The summed E-state index contributed by atoms with van der Waals surface area (Å²) in [5.74, 6) is 0.580. The third kappa shape index (κ3) is 5.68. The standard InChI is InChI=1S/C27H38F2N6/c1-17(31-19-9-6-5-7-10-19)32-25-23(16-30)33-26(34-24-21(28)11-8-12-22(24)29)35(25)20-14-13-18(15-20)27(2,3)4/h8,11-12,16,18-20,31H,1,5-7,9-10,13-15,30H2,2-4H3,(H,33,34)/b23-16+,32-25+/t18-,20?/m1/s1. The number of nitrogens with zero attached hydrogens (tertiary/aromatic N) is 3. The van der Waals surface area contributed by atoms with E-state index in [1.807, 2.05) is 4.90 Å². The Labute approximate surface area is 207 Å². The van der Waals surface area contributed by atoms with Gasteiger partial charge in [0.1, 0.15) is 28.8 Å². The third-order valence-corrected chi connectivity index (χ3v) is 7.48. The molecule has 0 spiro atoms. The molecule has 0 radical (unpaired) electrons. The molecular weight excluding hydrogens is 446 g/mol. The minimum atomic E-state index is -0.682. The van der Waals surface area contributed by atoms with Gasteiger partial charge in [-0.15, -0.1) is 0 Å². The maximum absolute atomic E-state index is 14.5. The van der Waals surface area contributed by atoms with Crippen LogP contribution >= 0.6 is 0 Å². The average Bonchev–Trinajstić information content (AvgIpc) is 3.42. The Morgan fingerprint density at radius 1 is 1.14 bits per heavy atom. The number of hydrogen-bond acceptors (Lipinski definition) is 5. The van der Waals surface area contributed by atoms with Crippen LogP contribution < -0.4 is 16.4 Å². The molecule has 1 aliphatic heterocycles. The van der Waals surface area contributed by atoms with Gasteiger partial charge in [-0.2, -0.15) is 0 Å². The first kappa shape index (κ1) is 25.2. The van der Waals surface area contributed by atoms with E-state index in [-0.39, 0.29) is 17.1 Å². The highest BCUT2D eigenvalue weighted by atomic mass is 19.1. The zero-order valence-electron chi connectivity index (χ0n) is 21.1. The Morgan fingerprint density at radius 2 is 1.83 bits per heavy atom. The summed E-state index contributed by atoms with van der Waals surface area (Å²) in [4.78, 5) is 11.4. The predicted molar refractivity (Wildman–Crippen MR) is 139 cm³/mol. The Bertz CT molecular complexity index is 1010. The van der Waals surface area contributed by atoms with Gasteiger partial charge in [0.05, 0.1) is 0 Å². The summed E-state index contributed by atoms with van der Waals surface area (Å²) >= 11 is 0. The first-order valence-corrected chi connectivity index (χ1v) is 12.7. The van der Waals surface area contributed by atoms with Gasteiger partial charge in [0, 0.05) is 18.3 Å². The summed E-state index contributed by atoms with van der Waals surface area (Å²) in [5, 5.41) is 6.35. The second-order valence-electron chi connectivity index (χ2n) is 11.0. The van der Waals surface area contributed by atoms with E-state index in [2.05, 4.69) is 43.0 Å². The number of aliphatic imine (C=N–C) groups is 2. The van der Waals surface area contributed by atoms with Crippen LogP contribution in [0.1, 0.15) is 72.1 Å². The number of nitrogens with one attached hydrogen (secondary N) is 2. The van der Waals surface area contributed by atoms with Gasteiger partial charge in [0.25, 0.3) is 0 Å². The molecule has 1 aromatic carbocycles. The van der Waals surface area contributed by atoms with Crippen LogP contribution in [0.3, 0.4) is 0 Å². The Hall–Kier alpha value is -2.90. The number of rotatable bonds is 5. The quantitative estimate of drug-likeness (QED) is 0.490. The molecule has 0 bridgehead atoms. The lowest BCUT2D eigenvalue weighted by Gasteiger charge is -2.31. The second-order valence-corrected chi connectivity index (χ2v) is 11.0. The Morgan fingerprint density at radius 3 is 2.43 bits per heavy atom. The Kier molecular flexibility index (Phi) is 7.47. The van der Waals surface area contributed by atoms with Crippen molar-refractivity contribution in [1.29, 1.82) is 0 Å². The van der Waals surface area contributed by atoms with Crippen molar-refractivity contribution in [3.05, 3.63) is 54.1 Å². The molecule has 6 nitrogen and oxygen atoms in total. The number of benzene rings is 1. The largest absolute Gasteiger partial charge is 0.403 e. The molecule has 4 N–H and O–H groups in total. The summed E-state index contributed by atoms with van der Waals surface area (Å²) in [6, 6.07) is 4.21. The highest BCUT2D eigenvalue weighted by molar-refractivity contribution is 6.18. The van der Waals surface area contributed by atoms with E-state index in [9.17, 15) is 8.78 Å². The molecule has 2 atom stereocenters. The zero-order chi connectivity index (χ0) is 25.2. The van der Waals surface area contributed by atoms with Gasteiger partial charge < -0.3 is 16.4 Å². The van der Waals surface area contributed by atoms with Crippen LogP contribution in [0, 0.1) is 23.0 Å². The number of hydrogen-bond donors (Lipinski definition) is 3. The van der Waals surface area contributed by atoms with Crippen LogP contribution in [0.5, 0.6) is 0 Å². The number of anilines is 1. The topological polar surface area (TPSA) is 78.0 Å². The number of guanidine groups is 1. The minimum absolute atomic E-state index is 0.0685. The SMILES string of the molecule is C=C(/N=C1\C(=C/N)N=C(Nc2c(F)cccc2F)N1C1CC[C@@H](C(C)(C)C)C1)NC1CCCCC1. The van der Waals surface area contributed by atoms with Crippen molar-refractivity contribution in [3.8, 4) is 0 Å². The second kappa shape index (κ2) is 10.4. The van der Waals surface area contributed by atoms with Gasteiger partial charge in [-0.3, -0.25) is 4.90 Å². The third-order valence-electron chi connectivity index (χ3n) is 7.48. The van der Waals surface area contributed by atoms with E-state index < -0.39 is 11.6 Å². The number of amidine groups is 1. The van der Waals surface area contributed by atoms with Gasteiger partial charge in [-0.05, 0) is 55.6 Å². The summed E-state index contributed by atoms with van der Waals surface area (Å²) < 4.78 is 29.0. The van der Waals surface area contributed by atoms with Crippen LogP contribution in [0.4, 0.5) is 14.5 Å². The van der Waals surface area contributed by atoms with Gasteiger partial charge in [-0.25, -0.2) is 18.8 Å². The molecule has 1 aromatic rings. The molecule has 0 amide bonds. The fourth-order valence-corrected chi connectivity index (χ4v) is 5.45. The van der Waals surface area contributed by atoms with Crippen molar-refractivity contribution in [2.24, 2.45) is 27.1 Å². The van der Waals surface area contributed by atoms with E-state index in [0.717, 1.165) is 32.1 Å². The summed E-state index contributed by atoms with van der Waals surface area (Å²) in [6.45, 7) is 10.9. The van der Waals surface area contributed by atoms with Gasteiger partial charge >= 0.3 is 0 Å². The lowest BCUT2D eigenvalue weighted by atomic mass is 9.79. The summed E-state index contributed by atoms with van der Waals surface area (Å²) in [6.07, 6.45) is 10.1. The Balaban J connectivity index is 1.65. The first-order valence-electron chi connectivity index (χ1n) is 12.7. The van der Waals surface area contributed by atoms with Gasteiger partial charge in [0.2, 0.25) is 5.96 Å². The van der Waals surface area contributed by atoms with Crippen molar-refractivity contribution >= 4 is 17.5 Å². The van der Waals surface area contributed by atoms with Crippen LogP contribution in [0.25, 0.3) is 0 Å². The minimum Gasteiger partial charge on any atom is -0.403 e. The molecule has 0 aromatic heterocycles. The van der Waals surface area contributed by atoms with Crippen molar-refractivity contribution in [3.63, 3.8) is 0 Å². The highest BCUT2D eigenvalue weighted by Gasteiger charge is 2.41. The van der Waals surface area contributed by atoms with E-state index in [1.165, 1.54) is 43.7 Å². The van der Waals surface area contributed by atoms with Gasteiger partial charge in [-0.1, -0.05) is 52.7 Å². The van der Waals surface area contributed by atoms with Crippen LogP contribution in [-0.4, -0.2) is 28.8 Å². The molecule has 4 rings (SSSR count). The van der Waals surface area contributed by atoms with Crippen molar-refractivity contribution in [2.45, 2.75) is 84.2 Å². The maximum Gasteiger partial charge on any atom is 0.210 e. The molecule has 1 unspecified atom stereocenters. The van der Waals surface area contributed by atoms with Crippen molar-refractivity contribution in [1.82, 2.24) is 10.2 Å². The lowest BCUT2D eigenvalue weighted by Crippen LogP contribution is -2.44. The van der Waals surface area contributed by atoms with Crippen LogP contribution in [0.2, 0.25) is 0 Å². The van der Waals surface area contributed by atoms with Gasteiger partial charge in [0.15, 0.2) is 5.84 Å². The smallest absolute Gasteiger partial charge is 0.210 e. The van der Waals surface area contributed by atoms with Crippen LogP contribution in [0.15, 0.2) is 52.5 Å². The van der Waals surface area contributed by atoms with Crippen molar-refractivity contribution < 1.29 is 8.78 Å². The summed E-state index contributed by atoms with van der Waals surface area (Å²) in [5.41, 5.74) is 6.33. The number of halogens is 2. The van der Waals surface area contributed by atoms with E-state index >= 15 is 0 Å². The van der Waals surface area contributed by atoms with E-state index in [0.29, 0.717) is 35.3 Å². The highest BCUT2D eigenvalue weighted by Crippen LogP contribution is 2.42. The molecule has 0 saturated heterocycles. The predicted octanol–water partition coefficient (Wildman–Crippen LogP) is 5.86. The molecule has 190 valence electrons. The number of nitrogens with two attached hydrogens (primary N) is 1. The molecule has 1 heterocycles. The average molecular weight is 485 g/mol. The molecule has 8 heteroatoms. The fourth-order valence-electron chi connectivity index (χ4n) is 5.45. The zero-order valence-corrected chi connectivity index (χ0v) is 21.1. The van der Waals surface area contributed by atoms with Crippen molar-refractivity contribution in [2.75, 3.05) is 5.32 Å². The summed E-state index contributed by atoms with van der Waals surface area (Å²) in [7, 11) is 0. The lowest BCUT2D eigenvalue weighted by molar-refractivity contribution is 0.237. The monoisotopic (exact) mass is 484 g/mol. The molecule has 2 aliphatic carbocycles. The molecule has 35 heavy (non-hydrogen) atoms. The van der Waals surface area contributed by atoms with E-state index in [4.69, 9.17) is 10.7 Å². The molecule has 3 aliphatic rings. The van der Waals surface area contributed by atoms with Crippen LogP contribution in [-0.2, 0) is 0 Å². The fraction of sp³-hybridized carbons (Fsp3) is 0.556. The van der Waals surface area contributed by atoms with E-state index in [1.54, 1.807) is 0 Å².